The molecule has 0 aromatic heterocycles. The summed E-state index contributed by atoms with van der Waals surface area (Å²) in [6.45, 7) is 5.86. The zero-order valence-electron chi connectivity index (χ0n) is 5.65. The molecule has 0 aliphatic rings. The maximum atomic E-state index is 7.03. The highest BCUT2D eigenvalue weighted by molar-refractivity contribution is 4.91. The van der Waals surface area contributed by atoms with E-state index >= 15 is 0 Å². The molecule has 0 heteroatoms. The van der Waals surface area contributed by atoms with Gasteiger partial charge in [0.2, 0.25) is 0 Å². The van der Waals surface area contributed by atoms with Crippen LogP contribution in [0.2, 0.25) is 0 Å². The van der Waals surface area contributed by atoms with Crippen molar-refractivity contribution in [1.29, 1.82) is 0 Å². The normalized spacial score (nSPS) is 15.5. The minimum absolute atomic E-state index is 0.0370. The van der Waals surface area contributed by atoms with Crippen LogP contribution in [0.15, 0.2) is 11.6 Å². The second kappa shape index (κ2) is 2.95. The van der Waals surface area contributed by atoms with E-state index in [0.29, 0.717) is 0 Å². The summed E-state index contributed by atoms with van der Waals surface area (Å²) in [5.74, 6) is 0. The van der Waals surface area contributed by atoms with Gasteiger partial charge in [-0.05, 0) is 20.2 Å². The molecule has 1 atom stereocenters. The molecule has 0 aliphatic heterocycles. The number of allylic oxidation sites excluding steroid dienone is 2. The van der Waals surface area contributed by atoms with Crippen molar-refractivity contribution in [2.75, 3.05) is 0 Å². The fourth-order valence-corrected chi connectivity index (χ4v) is 0.333. The molecule has 0 saturated heterocycles. The summed E-state index contributed by atoms with van der Waals surface area (Å²) in [5, 5.41) is 0. The Bertz CT molecular complexity index is 68.2. The monoisotopic (exact) mass is 85.1 g/mol. The molecule has 0 spiro atoms. The fraction of sp³-hybridized carbons (Fsp3) is 0.667. The first-order valence-electron chi connectivity index (χ1n) is 2.78. The SMILES string of the molecule is [2H]C(C)C=C(C)C. The summed E-state index contributed by atoms with van der Waals surface area (Å²) >= 11 is 0. The molecule has 0 aromatic carbocycles. The van der Waals surface area contributed by atoms with Gasteiger partial charge >= 0.3 is 0 Å². The Hall–Kier alpha value is -0.260. The van der Waals surface area contributed by atoms with Crippen molar-refractivity contribution in [1.82, 2.24) is 0 Å². The van der Waals surface area contributed by atoms with Gasteiger partial charge in [0.05, 0.1) is 0 Å². The largest absolute Gasteiger partial charge is 0.0862 e. The third kappa shape index (κ3) is 3.74. The first-order valence-corrected chi connectivity index (χ1v) is 2.20. The lowest BCUT2D eigenvalue weighted by Crippen LogP contribution is -1.58. The van der Waals surface area contributed by atoms with Gasteiger partial charge in [0.1, 0.15) is 0 Å². The highest BCUT2D eigenvalue weighted by atomic mass is 13.7. The van der Waals surface area contributed by atoms with Crippen LogP contribution in [0, 0.1) is 0 Å². The van der Waals surface area contributed by atoms with Gasteiger partial charge in [-0.15, -0.1) is 0 Å². The third-order valence-corrected chi connectivity index (χ3v) is 0.500. The van der Waals surface area contributed by atoms with Crippen molar-refractivity contribution >= 4 is 0 Å². The molecule has 0 aliphatic carbocycles. The van der Waals surface area contributed by atoms with Crippen LogP contribution < -0.4 is 0 Å². The van der Waals surface area contributed by atoms with E-state index in [4.69, 9.17) is 1.37 Å². The van der Waals surface area contributed by atoms with E-state index in [1.165, 1.54) is 5.57 Å². The zero-order chi connectivity index (χ0) is 5.86. The van der Waals surface area contributed by atoms with Gasteiger partial charge in [-0.1, -0.05) is 18.6 Å². The van der Waals surface area contributed by atoms with E-state index in [-0.39, 0.29) is 6.40 Å². The lowest BCUT2D eigenvalue weighted by atomic mass is 10.3. The second-order valence-corrected chi connectivity index (χ2v) is 1.58. The Morgan fingerprint density at radius 3 is 2.33 bits per heavy atom. The summed E-state index contributed by atoms with van der Waals surface area (Å²) in [6, 6.07) is 0. The molecule has 0 aromatic rings. The quantitative estimate of drug-likeness (QED) is 0.429. The topological polar surface area (TPSA) is 0 Å². The maximum absolute atomic E-state index is 7.03. The highest BCUT2D eigenvalue weighted by Crippen LogP contribution is 1.88. The molecule has 0 saturated carbocycles. The lowest BCUT2D eigenvalue weighted by molar-refractivity contribution is 1.18. The summed E-state index contributed by atoms with van der Waals surface area (Å²) < 4.78 is 7.03. The van der Waals surface area contributed by atoms with Gasteiger partial charge in [-0.2, -0.15) is 0 Å². The Kier molecular flexibility index (Phi) is 1.93. The molecule has 36 valence electrons. The van der Waals surface area contributed by atoms with Gasteiger partial charge in [-0.25, -0.2) is 0 Å². The molecule has 0 heterocycles. The molecule has 6 heavy (non-hydrogen) atoms. The van der Waals surface area contributed by atoms with Crippen LogP contribution in [0.25, 0.3) is 0 Å². The molecule has 0 amide bonds. The molecule has 0 fully saturated rings. The standard InChI is InChI=1S/C6H12/c1-4-5-6(2)3/h5H,4H2,1-3H3/i4D. The molecular weight excluding hydrogens is 72.1 g/mol. The van der Waals surface area contributed by atoms with E-state index in [0.717, 1.165) is 0 Å². The van der Waals surface area contributed by atoms with Crippen LogP contribution in [0.5, 0.6) is 0 Å². The van der Waals surface area contributed by atoms with Crippen LogP contribution in [0.1, 0.15) is 28.5 Å². The number of rotatable bonds is 1. The Morgan fingerprint density at radius 2 is 2.33 bits per heavy atom. The average Bonchev–Trinajstić information content (AvgIpc) is 1.27. The summed E-state index contributed by atoms with van der Waals surface area (Å²) in [5.41, 5.74) is 1.22. The van der Waals surface area contributed by atoms with Crippen LogP contribution in [-0.2, 0) is 0 Å². The van der Waals surface area contributed by atoms with Crippen LogP contribution in [0.3, 0.4) is 0 Å². The van der Waals surface area contributed by atoms with Gasteiger partial charge < -0.3 is 0 Å². The minimum Gasteiger partial charge on any atom is -0.0862 e. The van der Waals surface area contributed by atoms with Crippen LogP contribution >= 0.6 is 0 Å². The molecule has 1 unspecified atom stereocenters. The second-order valence-electron chi connectivity index (χ2n) is 1.58. The van der Waals surface area contributed by atoms with Crippen molar-refractivity contribution in [3.8, 4) is 0 Å². The Morgan fingerprint density at radius 1 is 1.83 bits per heavy atom. The summed E-state index contributed by atoms with van der Waals surface area (Å²) in [4.78, 5) is 0. The fourth-order valence-electron chi connectivity index (χ4n) is 0.333. The van der Waals surface area contributed by atoms with Gasteiger partial charge in [0.25, 0.3) is 0 Å². The zero-order valence-corrected chi connectivity index (χ0v) is 4.65. The predicted octanol–water partition coefficient (Wildman–Crippen LogP) is 2.36. The van der Waals surface area contributed by atoms with E-state index in [1.54, 1.807) is 0 Å². The smallest absolute Gasteiger partial charge is 0.0307 e. The summed E-state index contributed by atoms with van der Waals surface area (Å²) in [7, 11) is 0. The van der Waals surface area contributed by atoms with E-state index in [9.17, 15) is 0 Å². The number of hydrogen-bond acceptors (Lipinski definition) is 0. The van der Waals surface area contributed by atoms with Crippen molar-refractivity contribution in [3.63, 3.8) is 0 Å². The third-order valence-electron chi connectivity index (χ3n) is 0.500. The van der Waals surface area contributed by atoms with Gasteiger partial charge in [0.15, 0.2) is 0 Å². The lowest BCUT2D eigenvalue weighted by Gasteiger charge is -1.80. The van der Waals surface area contributed by atoms with Crippen molar-refractivity contribution in [2.24, 2.45) is 0 Å². The Balaban J connectivity index is 3.45. The first-order chi connectivity index (χ1) is 3.13. The maximum Gasteiger partial charge on any atom is 0.0307 e. The molecular formula is C6H12. The Labute approximate surface area is 41.3 Å². The molecule has 0 rings (SSSR count). The van der Waals surface area contributed by atoms with Gasteiger partial charge in [-0.3, -0.25) is 0 Å². The van der Waals surface area contributed by atoms with Crippen molar-refractivity contribution in [3.05, 3.63) is 11.6 Å². The molecule has 0 radical (unpaired) electrons. The van der Waals surface area contributed by atoms with Gasteiger partial charge in [0, 0.05) is 1.37 Å². The highest BCUT2D eigenvalue weighted by Gasteiger charge is 1.67. The van der Waals surface area contributed by atoms with Crippen molar-refractivity contribution in [2.45, 2.75) is 27.2 Å². The average molecular weight is 85.2 g/mol. The first kappa shape index (κ1) is 3.91. The predicted molar refractivity (Wildman–Crippen MR) is 29.7 cm³/mol. The number of hydrogen-bond donors (Lipinski definition) is 0. The van der Waals surface area contributed by atoms with Crippen LogP contribution in [0.4, 0.5) is 0 Å². The summed E-state index contributed by atoms with van der Waals surface area (Å²) in [6.07, 6.45) is 1.88. The van der Waals surface area contributed by atoms with E-state index in [1.807, 2.05) is 26.8 Å². The van der Waals surface area contributed by atoms with Crippen molar-refractivity contribution < 1.29 is 1.37 Å². The molecule has 0 N–H and O–H groups in total. The van der Waals surface area contributed by atoms with E-state index < -0.39 is 0 Å². The molecule has 0 bridgehead atoms. The minimum atomic E-state index is -0.0370. The van der Waals surface area contributed by atoms with E-state index in [2.05, 4.69) is 0 Å². The van der Waals surface area contributed by atoms with Crippen LogP contribution in [-0.4, -0.2) is 0 Å². The molecule has 0 nitrogen and oxygen atoms in total.